The van der Waals surface area contributed by atoms with E-state index in [9.17, 15) is 9.59 Å². The van der Waals surface area contributed by atoms with Crippen LogP contribution < -0.4 is 0 Å². The van der Waals surface area contributed by atoms with Gasteiger partial charge in [0.05, 0.1) is 0 Å². The van der Waals surface area contributed by atoms with Crippen LogP contribution in [0, 0.1) is 11.8 Å². The Morgan fingerprint density at radius 3 is 2.81 bits per heavy atom. The van der Waals surface area contributed by atoms with Gasteiger partial charge in [-0.2, -0.15) is 0 Å². The van der Waals surface area contributed by atoms with E-state index in [-0.39, 0.29) is 23.6 Å². The van der Waals surface area contributed by atoms with E-state index in [2.05, 4.69) is 0 Å². The molecule has 0 aromatic rings. The molecule has 1 rings (SSSR count). The van der Waals surface area contributed by atoms with Crippen molar-refractivity contribution in [2.24, 2.45) is 11.8 Å². The van der Waals surface area contributed by atoms with Crippen molar-refractivity contribution in [2.45, 2.75) is 33.6 Å². The molecule has 1 unspecified atom stereocenters. The predicted octanol–water partition coefficient (Wildman–Crippen LogP) is 2.62. The first-order chi connectivity index (χ1) is 7.54. The lowest BCUT2D eigenvalue weighted by atomic mass is 9.87. The number of carbonyl (C=O) groups excluding carboxylic acids is 2. The van der Waals surface area contributed by atoms with Crippen LogP contribution in [-0.4, -0.2) is 11.8 Å². The van der Waals surface area contributed by atoms with Crippen LogP contribution in [0.4, 0.5) is 0 Å². The lowest BCUT2D eigenvalue weighted by Crippen LogP contribution is -2.22. The van der Waals surface area contributed by atoms with Crippen molar-refractivity contribution in [3.05, 3.63) is 24.0 Å². The lowest BCUT2D eigenvalue weighted by Gasteiger charge is -2.19. The number of allylic oxidation sites excluding steroid dienone is 4. The zero-order chi connectivity index (χ0) is 12.1. The summed E-state index contributed by atoms with van der Waals surface area (Å²) in [6.45, 7) is 5.29. The minimum absolute atomic E-state index is 0.0614. The highest BCUT2D eigenvalue weighted by atomic mass is 16.5. The van der Waals surface area contributed by atoms with Gasteiger partial charge >= 0.3 is 5.97 Å². The molecule has 0 radical (unpaired) electrons. The van der Waals surface area contributed by atoms with E-state index in [1.807, 2.05) is 19.9 Å². The Morgan fingerprint density at radius 1 is 1.56 bits per heavy atom. The van der Waals surface area contributed by atoms with Crippen LogP contribution in [0.2, 0.25) is 0 Å². The molecule has 0 aromatic heterocycles. The molecule has 1 aliphatic rings. The third kappa shape index (κ3) is 3.33. The van der Waals surface area contributed by atoms with Crippen LogP contribution in [0.15, 0.2) is 24.0 Å². The van der Waals surface area contributed by atoms with Gasteiger partial charge in [-0.05, 0) is 12.5 Å². The molecule has 0 amide bonds. The summed E-state index contributed by atoms with van der Waals surface area (Å²) in [4.78, 5) is 22.7. The third-order valence-corrected chi connectivity index (χ3v) is 2.78. The Balaban J connectivity index is 2.62. The summed E-state index contributed by atoms with van der Waals surface area (Å²) in [6, 6.07) is 0. The molecule has 3 nitrogen and oxygen atoms in total. The maximum absolute atomic E-state index is 11.9. The number of ether oxygens (including phenoxy) is 1. The standard InChI is InChI=1S/C13H18O3/c1-4-9(2)13(15)11-6-5-7-12(8-11)16-10(3)14/h5-7,9,11H,4,8H2,1-3H3/t9?,11-/m1/s1. The van der Waals surface area contributed by atoms with E-state index < -0.39 is 0 Å². The maximum Gasteiger partial charge on any atom is 0.307 e. The Hall–Kier alpha value is -1.38. The minimum atomic E-state index is -0.337. The van der Waals surface area contributed by atoms with Gasteiger partial charge in [-0.25, -0.2) is 0 Å². The van der Waals surface area contributed by atoms with Crippen LogP contribution >= 0.6 is 0 Å². The van der Waals surface area contributed by atoms with Crippen LogP contribution in [0.3, 0.4) is 0 Å². The Kier molecular flexibility index (Phi) is 4.47. The topological polar surface area (TPSA) is 43.4 Å². The van der Waals surface area contributed by atoms with E-state index in [1.54, 1.807) is 12.2 Å². The summed E-state index contributed by atoms with van der Waals surface area (Å²) in [6.07, 6.45) is 6.74. The van der Waals surface area contributed by atoms with Gasteiger partial charge in [0, 0.05) is 25.2 Å². The predicted molar refractivity (Wildman–Crippen MR) is 61.6 cm³/mol. The van der Waals surface area contributed by atoms with Crippen molar-refractivity contribution in [3.8, 4) is 0 Å². The normalized spacial score (nSPS) is 21.2. The summed E-state index contributed by atoms with van der Waals surface area (Å²) >= 11 is 0. The number of Topliss-reactive ketones (excluding diaryl/α,β-unsaturated/α-hetero) is 1. The van der Waals surface area contributed by atoms with Crippen molar-refractivity contribution in [2.75, 3.05) is 0 Å². The molecule has 0 heterocycles. The van der Waals surface area contributed by atoms with E-state index in [4.69, 9.17) is 4.74 Å². The van der Waals surface area contributed by atoms with Crippen molar-refractivity contribution >= 4 is 11.8 Å². The van der Waals surface area contributed by atoms with Gasteiger partial charge in [-0.15, -0.1) is 0 Å². The molecule has 0 saturated heterocycles. The summed E-state index contributed by atoms with van der Waals surface area (Å²) in [5.41, 5.74) is 0. The number of rotatable bonds is 4. The molecular formula is C13H18O3. The second-order valence-corrected chi connectivity index (χ2v) is 4.13. The summed E-state index contributed by atoms with van der Waals surface area (Å²) < 4.78 is 5.00. The molecule has 0 aromatic carbocycles. The van der Waals surface area contributed by atoms with Gasteiger partial charge < -0.3 is 4.74 Å². The molecule has 0 N–H and O–H groups in total. The molecule has 1 aliphatic carbocycles. The molecule has 0 spiro atoms. The van der Waals surface area contributed by atoms with Gasteiger partial charge in [0.15, 0.2) is 0 Å². The molecule has 0 bridgehead atoms. The van der Waals surface area contributed by atoms with E-state index in [0.717, 1.165) is 6.42 Å². The zero-order valence-electron chi connectivity index (χ0n) is 10.0. The largest absolute Gasteiger partial charge is 0.431 e. The SMILES string of the molecule is CCC(C)C(=O)[C@@H]1C=CC=C(OC(C)=O)C1. The fourth-order valence-electron chi connectivity index (χ4n) is 1.67. The fraction of sp³-hybridized carbons (Fsp3) is 0.538. The number of esters is 1. The van der Waals surface area contributed by atoms with Gasteiger partial charge in [0.1, 0.15) is 11.5 Å². The van der Waals surface area contributed by atoms with Gasteiger partial charge in [-0.1, -0.05) is 26.0 Å². The highest BCUT2D eigenvalue weighted by molar-refractivity contribution is 5.85. The van der Waals surface area contributed by atoms with Gasteiger partial charge in [0.2, 0.25) is 0 Å². The van der Waals surface area contributed by atoms with Crippen molar-refractivity contribution in [1.82, 2.24) is 0 Å². The first-order valence-electron chi connectivity index (χ1n) is 5.64. The molecule has 0 fully saturated rings. The van der Waals surface area contributed by atoms with E-state index in [1.165, 1.54) is 6.92 Å². The number of carbonyl (C=O) groups is 2. The van der Waals surface area contributed by atoms with Crippen LogP contribution in [0.25, 0.3) is 0 Å². The lowest BCUT2D eigenvalue weighted by molar-refractivity contribution is -0.137. The van der Waals surface area contributed by atoms with Crippen LogP contribution in [-0.2, 0) is 14.3 Å². The second-order valence-electron chi connectivity index (χ2n) is 4.13. The second kappa shape index (κ2) is 5.64. The zero-order valence-corrected chi connectivity index (χ0v) is 10.0. The van der Waals surface area contributed by atoms with E-state index in [0.29, 0.717) is 12.2 Å². The first-order valence-corrected chi connectivity index (χ1v) is 5.64. The highest BCUT2D eigenvalue weighted by Crippen LogP contribution is 2.24. The Morgan fingerprint density at radius 2 is 2.25 bits per heavy atom. The molecule has 88 valence electrons. The third-order valence-electron chi connectivity index (χ3n) is 2.78. The van der Waals surface area contributed by atoms with E-state index >= 15 is 0 Å². The Labute approximate surface area is 96.2 Å². The summed E-state index contributed by atoms with van der Waals surface area (Å²) in [7, 11) is 0. The molecule has 0 saturated carbocycles. The average molecular weight is 222 g/mol. The van der Waals surface area contributed by atoms with Crippen molar-refractivity contribution < 1.29 is 14.3 Å². The van der Waals surface area contributed by atoms with Gasteiger partial charge in [0.25, 0.3) is 0 Å². The minimum Gasteiger partial charge on any atom is -0.431 e. The number of hydrogen-bond donors (Lipinski definition) is 0. The molecule has 0 aliphatic heterocycles. The quantitative estimate of drug-likeness (QED) is 0.687. The molecule has 3 heteroatoms. The molecular weight excluding hydrogens is 204 g/mol. The number of hydrogen-bond acceptors (Lipinski definition) is 3. The van der Waals surface area contributed by atoms with Crippen molar-refractivity contribution in [3.63, 3.8) is 0 Å². The number of ketones is 1. The first kappa shape index (κ1) is 12.7. The monoisotopic (exact) mass is 222 g/mol. The molecule has 16 heavy (non-hydrogen) atoms. The molecule has 2 atom stereocenters. The smallest absolute Gasteiger partial charge is 0.307 e. The summed E-state index contributed by atoms with van der Waals surface area (Å²) in [5.74, 6) is 0.380. The van der Waals surface area contributed by atoms with Crippen LogP contribution in [0.1, 0.15) is 33.6 Å². The summed E-state index contributed by atoms with van der Waals surface area (Å²) in [5, 5.41) is 0. The Bertz CT molecular complexity index is 339. The maximum atomic E-state index is 11.9. The van der Waals surface area contributed by atoms with Crippen molar-refractivity contribution in [1.29, 1.82) is 0 Å². The average Bonchev–Trinajstić information content (AvgIpc) is 2.26. The fourth-order valence-corrected chi connectivity index (χ4v) is 1.67. The highest BCUT2D eigenvalue weighted by Gasteiger charge is 2.24. The van der Waals surface area contributed by atoms with Gasteiger partial charge in [-0.3, -0.25) is 9.59 Å². The van der Waals surface area contributed by atoms with Crippen LogP contribution in [0.5, 0.6) is 0 Å².